The van der Waals surface area contributed by atoms with Gasteiger partial charge in [-0.1, -0.05) is 33.2 Å². The monoisotopic (exact) mass is 309 g/mol. The second-order valence-electron chi connectivity index (χ2n) is 4.32. The highest BCUT2D eigenvalue weighted by molar-refractivity contribution is 9.10. The smallest absolute Gasteiger partial charge is 0.244 e. The lowest BCUT2D eigenvalue weighted by Gasteiger charge is -2.01. The fraction of sp³-hybridized carbons (Fsp3) is 0.333. The minimum Gasteiger partial charge on any atom is -0.392 e. The number of benzene rings is 1. The highest BCUT2D eigenvalue weighted by Gasteiger charge is 2.28. The summed E-state index contributed by atoms with van der Waals surface area (Å²) in [5.74, 6) is 1.09. The third-order valence-corrected chi connectivity index (χ3v) is 3.42. The van der Waals surface area contributed by atoms with Crippen LogP contribution in [-0.4, -0.2) is 27.9 Å². The molecule has 1 aliphatic heterocycles. The number of nitrogens with zero attached hydrogens (tertiary/aromatic N) is 2. The van der Waals surface area contributed by atoms with Gasteiger partial charge in [0.25, 0.3) is 0 Å². The minimum atomic E-state index is -0.337. The molecular formula is C12H12BrN3O2. The maximum atomic E-state index is 9.46. The Kier molecular flexibility index (Phi) is 3.15. The van der Waals surface area contributed by atoms with E-state index in [1.165, 1.54) is 0 Å². The van der Waals surface area contributed by atoms with Crippen molar-refractivity contribution < 1.29 is 9.63 Å². The first-order valence-corrected chi connectivity index (χ1v) is 6.52. The lowest BCUT2D eigenvalue weighted by atomic mass is 10.2. The molecular weight excluding hydrogens is 298 g/mol. The van der Waals surface area contributed by atoms with Crippen LogP contribution in [0.25, 0.3) is 11.4 Å². The Bertz CT molecular complexity index is 558. The van der Waals surface area contributed by atoms with Crippen LogP contribution in [0.2, 0.25) is 0 Å². The van der Waals surface area contributed by atoms with Gasteiger partial charge in [-0.3, -0.25) is 0 Å². The quantitative estimate of drug-likeness (QED) is 0.886. The Morgan fingerprint density at radius 2 is 2.33 bits per heavy atom. The van der Waals surface area contributed by atoms with E-state index in [9.17, 15) is 5.11 Å². The molecule has 0 saturated carbocycles. The molecule has 0 spiro atoms. The number of nitrogens with one attached hydrogen (secondary N) is 1. The number of halogens is 1. The van der Waals surface area contributed by atoms with Crippen LogP contribution in [0, 0.1) is 0 Å². The first-order chi connectivity index (χ1) is 8.72. The zero-order valence-electron chi connectivity index (χ0n) is 9.51. The second kappa shape index (κ2) is 4.79. The lowest BCUT2D eigenvalue weighted by molar-refractivity contribution is 0.191. The molecule has 1 aromatic carbocycles. The molecule has 6 heteroatoms. The molecule has 18 heavy (non-hydrogen) atoms. The van der Waals surface area contributed by atoms with Crippen molar-refractivity contribution in [3.05, 3.63) is 34.6 Å². The van der Waals surface area contributed by atoms with Gasteiger partial charge in [-0.15, -0.1) is 0 Å². The number of aliphatic hydroxyl groups excluding tert-OH is 1. The molecule has 5 nitrogen and oxygen atoms in total. The van der Waals surface area contributed by atoms with Gasteiger partial charge in [-0.25, -0.2) is 0 Å². The Hall–Kier alpha value is -1.24. The molecule has 1 aliphatic rings. The summed E-state index contributed by atoms with van der Waals surface area (Å²) < 4.78 is 6.21. The van der Waals surface area contributed by atoms with Crippen LogP contribution in [0.3, 0.4) is 0 Å². The van der Waals surface area contributed by atoms with Gasteiger partial charge in [0.1, 0.15) is 0 Å². The van der Waals surface area contributed by atoms with Gasteiger partial charge in [0, 0.05) is 16.6 Å². The number of hydrogen-bond acceptors (Lipinski definition) is 5. The highest BCUT2D eigenvalue weighted by Crippen LogP contribution is 2.25. The maximum Gasteiger partial charge on any atom is 0.244 e. The molecule has 1 aromatic heterocycles. The molecule has 0 radical (unpaired) electrons. The fourth-order valence-electron chi connectivity index (χ4n) is 2.03. The van der Waals surface area contributed by atoms with Crippen LogP contribution < -0.4 is 5.32 Å². The summed E-state index contributed by atoms with van der Waals surface area (Å²) in [4.78, 5) is 4.37. The van der Waals surface area contributed by atoms with Crippen molar-refractivity contribution in [2.45, 2.75) is 18.6 Å². The largest absolute Gasteiger partial charge is 0.392 e. The van der Waals surface area contributed by atoms with E-state index in [0.717, 1.165) is 10.0 Å². The predicted octanol–water partition coefficient (Wildman–Crippen LogP) is 1.89. The van der Waals surface area contributed by atoms with Crippen molar-refractivity contribution in [2.75, 3.05) is 6.54 Å². The SMILES string of the molecule is O[C@@H]1CN[C@H](c2nc(-c3cccc(Br)c3)no2)C1. The third kappa shape index (κ3) is 2.31. The molecule has 1 fully saturated rings. The van der Waals surface area contributed by atoms with Crippen molar-refractivity contribution in [3.63, 3.8) is 0 Å². The number of aliphatic hydroxyl groups is 1. The zero-order chi connectivity index (χ0) is 12.5. The van der Waals surface area contributed by atoms with Crippen molar-refractivity contribution >= 4 is 15.9 Å². The van der Waals surface area contributed by atoms with Gasteiger partial charge in [-0.05, 0) is 18.6 Å². The fourth-order valence-corrected chi connectivity index (χ4v) is 2.43. The predicted molar refractivity (Wildman–Crippen MR) is 68.8 cm³/mol. The van der Waals surface area contributed by atoms with Gasteiger partial charge in [-0.2, -0.15) is 4.98 Å². The summed E-state index contributed by atoms with van der Waals surface area (Å²) in [7, 11) is 0. The van der Waals surface area contributed by atoms with Crippen LogP contribution in [-0.2, 0) is 0 Å². The molecule has 2 heterocycles. The number of β-amino-alcohol motifs (C(OH)–C–C–N with tert-alkyl or cyclic N) is 1. The van der Waals surface area contributed by atoms with Gasteiger partial charge in [0.15, 0.2) is 0 Å². The molecule has 2 atom stereocenters. The van der Waals surface area contributed by atoms with E-state index in [1.54, 1.807) is 0 Å². The topological polar surface area (TPSA) is 71.2 Å². The summed E-state index contributed by atoms with van der Waals surface area (Å²) in [6.07, 6.45) is 0.274. The van der Waals surface area contributed by atoms with Crippen LogP contribution in [0.5, 0.6) is 0 Å². The van der Waals surface area contributed by atoms with E-state index in [0.29, 0.717) is 24.7 Å². The van der Waals surface area contributed by atoms with Crippen molar-refractivity contribution in [1.29, 1.82) is 0 Å². The first kappa shape index (κ1) is 11.8. The van der Waals surface area contributed by atoms with E-state index in [-0.39, 0.29) is 12.1 Å². The van der Waals surface area contributed by atoms with E-state index in [1.807, 2.05) is 24.3 Å². The summed E-state index contributed by atoms with van der Waals surface area (Å²) in [6, 6.07) is 7.68. The van der Waals surface area contributed by atoms with Gasteiger partial charge in [0.2, 0.25) is 11.7 Å². The third-order valence-electron chi connectivity index (χ3n) is 2.93. The Labute approximate surface area is 112 Å². The number of hydrogen-bond donors (Lipinski definition) is 2. The molecule has 1 saturated heterocycles. The molecule has 3 rings (SSSR count). The van der Waals surface area contributed by atoms with Crippen LogP contribution in [0.1, 0.15) is 18.4 Å². The Balaban J connectivity index is 1.85. The summed E-state index contributed by atoms with van der Waals surface area (Å²) >= 11 is 3.41. The van der Waals surface area contributed by atoms with Crippen LogP contribution in [0.15, 0.2) is 33.3 Å². The summed E-state index contributed by atoms with van der Waals surface area (Å²) in [6.45, 7) is 0.569. The van der Waals surface area contributed by atoms with Crippen LogP contribution in [0.4, 0.5) is 0 Å². The lowest BCUT2D eigenvalue weighted by Crippen LogP contribution is -2.15. The van der Waals surface area contributed by atoms with Gasteiger partial charge in [0.05, 0.1) is 12.1 Å². The number of aromatic nitrogens is 2. The summed E-state index contributed by atoms with van der Waals surface area (Å²) in [5.41, 5.74) is 0.901. The van der Waals surface area contributed by atoms with E-state index in [4.69, 9.17) is 4.52 Å². The Morgan fingerprint density at radius 1 is 1.44 bits per heavy atom. The molecule has 0 aliphatic carbocycles. The van der Waals surface area contributed by atoms with E-state index in [2.05, 4.69) is 31.4 Å². The Morgan fingerprint density at radius 3 is 3.06 bits per heavy atom. The normalized spacial score (nSPS) is 23.4. The standard InChI is InChI=1S/C12H12BrN3O2/c13-8-3-1-2-7(4-8)11-15-12(18-16-11)10-5-9(17)6-14-10/h1-4,9-10,14,17H,5-6H2/t9-,10-/m0/s1. The van der Waals surface area contributed by atoms with Gasteiger partial charge < -0.3 is 14.9 Å². The molecule has 0 amide bonds. The minimum absolute atomic E-state index is 0.0478. The van der Waals surface area contributed by atoms with E-state index >= 15 is 0 Å². The summed E-state index contributed by atoms with van der Waals surface area (Å²) in [5, 5.41) is 16.6. The molecule has 0 unspecified atom stereocenters. The van der Waals surface area contributed by atoms with E-state index < -0.39 is 0 Å². The average molecular weight is 310 g/mol. The highest BCUT2D eigenvalue weighted by atomic mass is 79.9. The molecule has 2 aromatic rings. The van der Waals surface area contributed by atoms with Crippen molar-refractivity contribution in [3.8, 4) is 11.4 Å². The van der Waals surface area contributed by atoms with Crippen molar-refractivity contribution in [2.24, 2.45) is 0 Å². The average Bonchev–Trinajstić information content (AvgIpc) is 2.97. The first-order valence-electron chi connectivity index (χ1n) is 5.73. The van der Waals surface area contributed by atoms with Crippen LogP contribution >= 0.6 is 15.9 Å². The zero-order valence-corrected chi connectivity index (χ0v) is 11.1. The molecule has 2 N–H and O–H groups in total. The second-order valence-corrected chi connectivity index (χ2v) is 5.23. The molecule has 94 valence electrons. The maximum absolute atomic E-state index is 9.46. The van der Waals surface area contributed by atoms with Crippen molar-refractivity contribution in [1.82, 2.24) is 15.5 Å². The number of rotatable bonds is 2. The molecule has 0 bridgehead atoms. The van der Waals surface area contributed by atoms with Gasteiger partial charge >= 0.3 is 0 Å².